The lowest BCUT2D eigenvalue weighted by Crippen LogP contribution is -2.57. The molecule has 1 fully saturated rings. The number of benzene rings is 2. The largest absolute Gasteiger partial charge is 0.465 e. The fourth-order valence-electron chi connectivity index (χ4n) is 4.67. The van der Waals surface area contributed by atoms with Gasteiger partial charge >= 0.3 is 5.97 Å². The predicted molar refractivity (Wildman–Crippen MR) is 131 cm³/mol. The zero-order valence-corrected chi connectivity index (χ0v) is 20.3. The number of hydrogen-bond acceptors (Lipinski definition) is 10. The van der Waals surface area contributed by atoms with Crippen LogP contribution in [0.25, 0.3) is 0 Å². The Morgan fingerprint density at radius 1 is 1.14 bits per heavy atom. The second kappa shape index (κ2) is 10.4. The molecule has 0 unspecified atom stereocenters. The summed E-state index contributed by atoms with van der Waals surface area (Å²) in [6.07, 6.45) is 0. The van der Waals surface area contributed by atoms with E-state index in [1.165, 1.54) is 24.3 Å². The average molecular weight is 510 g/mol. The summed E-state index contributed by atoms with van der Waals surface area (Å²) in [4.78, 5) is 45.3. The van der Waals surface area contributed by atoms with Gasteiger partial charge in [0, 0.05) is 44.9 Å². The van der Waals surface area contributed by atoms with Crippen LogP contribution < -0.4 is 14.8 Å². The number of piperazine rings is 1. The highest BCUT2D eigenvalue weighted by Crippen LogP contribution is 2.34. The Labute approximate surface area is 212 Å². The predicted octanol–water partition coefficient (Wildman–Crippen LogP) is 1.85. The standard InChI is InChI=1S/C25H27N5O7/c1-2-35-24(32)21-22(17-4-6-18(7-5-17)30(33)34)26-25(27-23(21)31)29-11-9-28(10-12-29)14-16-3-8-19-20(13-16)37-15-36-19/h3-8,13,21-22H,2,9-12,14-15H2,1H3,(H,26,27,31)/t21-,22-/m1/s1. The number of guanidine groups is 1. The third-order valence-corrected chi connectivity index (χ3v) is 6.60. The molecule has 0 bridgehead atoms. The molecule has 0 radical (unpaired) electrons. The van der Waals surface area contributed by atoms with Crippen LogP contribution in [0.5, 0.6) is 11.5 Å². The Kier molecular flexibility index (Phi) is 6.91. The van der Waals surface area contributed by atoms with Crippen LogP contribution in [-0.2, 0) is 20.9 Å². The van der Waals surface area contributed by atoms with Crippen molar-refractivity contribution in [2.24, 2.45) is 10.9 Å². The third kappa shape index (κ3) is 5.19. The summed E-state index contributed by atoms with van der Waals surface area (Å²) in [5.41, 5.74) is 1.56. The van der Waals surface area contributed by atoms with Gasteiger partial charge in [0.1, 0.15) is 6.04 Å². The number of fused-ring (bicyclic) bond motifs is 1. The average Bonchev–Trinajstić information content (AvgIpc) is 3.37. The van der Waals surface area contributed by atoms with Gasteiger partial charge in [0.2, 0.25) is 18.7 Å². The van der Waals surface area contributed by atoms with Crippen molar-refractivity contribution in [2.75, 3.05) is 39.6 Å². The molecular weight excluding hydrogens is 482 g/mol. The number of nitrogens with zero attached hydrogens (tertiary/aromatic N) is 4. The van der Waals surface area contributed by atoms with Crippen molar-refractivity contribution in [3.05, 3.63) is 63.7 Å². The SMILES string of the molecule is CCOC(=O)[C@H]1C(=O)NC(N2CCN(Cc3ccc4c(c3)OCO4)CC2)=N[C@@H]1c1ccc([N+](=O)[O-])cc1. The van der Waals surface area contributed by atoms with Crippen LogP contribution in [0.4, 0.5) is 5.69 Å². The Balaban J connectivity index is 1.30. The Morgan fingerprint density at radius 2 is 1.86 bits per heavy atom. The van der Waals surface area contributed by atoms with E-state index in [0.717, 1.165) is 36.7 Å². The molecule has 12 nitrogen and oxygen atoms in total. The maximum absolute atomic E-state index is 13.1. The van der Waals surface area contributed by atoms with E-state index in [9.17, 15) is 19.7 Å². The van der Waals surface area contributed by atoms with Gasteiger partial charge < -0.3 is 19.1 Å². The number of rotatable bonds is 6. The summed E-state index contributed by atoms with van der Waals surface area (Å²) in [5.74, 6) is -0.476. The van der Waals surface area contributed by atoms with Gasteiger partial charge in [0.25, 0.3) is 5.69 Å². The lowest BCUT2D eigenvalue weighted by atomic mass is 9.91. The zero-order chi connectivity index (χ0) is 25.9. The molecule has 194 valence electrons. The van der Waals surface area contributed by atoms with Crippen molar-refractivity contribution in [3.63, 3.8) is 0 Å². The topological polar surface area (TPSA) is 136 Å². The number of nitrogens with one attached hydrogen (secondary N) is 1. The maximum atomic E-state index is 13.1. The quantitative estimate of drug-likeness (QED) is 0.268. The van der Waals surface area contributed by atoms with Crippen LogP contribution in [0.2, 0.25) is 0 Å². The van der Waals surface area contributed by atoms with Crippen molar-refractivity contribution < 1.29 is 28.7 Å². The van der Waals surface area contributed by atoms with Gasteiger partial charge in [-0.25, -0.2) is 4.99 Å². The minimum absolute atomic E-state index is 0.0838. The minimum Gasteiger partial charge on any atom is -0.465 e. The summed E-state index contributed by atoms with van der Waals surface area (Å²) in [6, 6.07) is 10.8. The Bertz CT molecular complexity index is 1220. The van der Waals surface area contributed by atoms with Crippen molar-refractivity contribution in [1.29, 1.82) is 0 Å². The number of nitro groups is 1. The molecule has 37 heavy (non-hydrogen) atoms. The van der Waals surface area contributed by atoms with E-state index in [-0.39, 0.29) is 19.1 Å². The highest BCUT2D eigenvalue weighted by Gasteiger charge is 2.42. The molecule has 2 atom stereocenters. The summed E-state index contributed by atoms with van der Waals surface area (Å²) >= 11 is 0. The molecule has 1 saturated heterocycles. The molecule has 5 rings (SSSR count). The third-order valence-electron chi connectivity index (χ3n) is 6.60. The second-order valence-electron chi connectivity index (χ2n) is 8.92. The van der Waals surface area contributed by atoms with Gasteiger partial charge in [0.15, 0.2) is 17.4 Å². The molecule has 12 heteroatoms. The smallest absolute Gasteiger partial charge is 0.321 e. The highest BCUT2D eigenvalue weighted by atomic mass is 16.7. The van der Waals surface area contributed by atoms with Gasteiger partial charge in [-0.1, -0.05) is 18.2 Å². The van der Waals surface area contributed by atoms with Crippen molar-refractivity contribution in [3.8, 4) is 11.5 Å². The molecule has 3 heterocycles. The fourth-order valence-corrected chi connectivity index (χ4v) is 4.67. The molecule has 2 aromatic rings. The first kappa shape index (κ1) is 24.5. The number of carbonyl (C=O) groups excluding carboxylic acids is 2. The monoisotopic (exact) mass is 509 g/mol. The van der Waals surface area contributed by atoms with E-state index in [4.69, 9.17) is 19.2 Å². The summed E-state index contributed by atoms with van der Waals surface area (Å²) in [5, 5.41) is 13.8. The van der Waals surface area contributed by atoms with Crippen LogP contribution in [0.3, 0.4) is 0 Å². The molecule has 1 N–H and O–H groups in total. The zero-order valence-electron chi connectivity index (χ0n) is 20.3. The molecule has 0 saturated carbocycles. The molecule has 1 amide bonds. The van der Waals surface area contributed by atoms with Crippen molar-refractivity contribution >= 4 is 23.5 Å². The first-order valence-electron chi connectivity index (χ1n) is 12.1. The molecule has 0 aromatic heterocycles. The number of nitro benzene ring substituents is 1. The summed E-state index contributed by atoms with van der Waals surface area (Å²) < 4.78 is 16.0. The van der Waals surface area contributed by atoms with Gasteiger partial charge in [0.05, 0.1) is 11.5 Å². The van der Waals surface area contributed by atoms with Crippen LogP contribution in [0, 0.1) is 16.0 Å². The van der Waals surface area contributed by atoms with E-state index in [0.29, 0.717) is 24.6 Å². The van der Waals surface area contributed by atoms with Crippen molar-refractivity contribution in [1.82, 2.24) is 15.1 Å². The number of ether oxygens (including phenoxy) is 3. The van der Waals surface area contributed by atoms with Crippen LogP contribution >= 0.6 is 0 Å². The fraction of sp³-hybridized carbons (Fsp3) is 0.400. The van der Waals surface area contributed by atoms with Crippen molar-refractivity contribution in [2.45, 2.75) is 19.5 Å². The van der Waals surface area contributed by atoms with E-state index in [1.54, 1.807) is 6.92 Å². The number of aliphatic imine (C=N–C) groups is 1. The number of carbonyl (C=O) groups is 2. The molecule has 0 spiro atoms. The minimum atomic E-state index is -1.18. The first-order chi connectivity index (χ1) is 17.9. The van der Waals surface area contributed by atoms with Crippen LogP contribution in [-0.4, -0.2) is 72.1 Å². The lowest BCUT2D eigenvalue weighted by molar-refractivity contribution is -0.384. The van der Waals surface area contributed by atoms with E-state index >= 15 is 0 Å². The Hall–Kier alpha value is -4.19. The molecular formula is C25H27N5O7. The normalized spacial score (nSPS) is 21.3. The van der Waals surface area contributed by atoms with Gasteiger partial charge in [-0.3, -0.25) is 29.9 Å². The van der Waals surface area contributed by atoms with Gasteiger partial charge in [-0.2, -0.15) is 0 Å². The molecule has 2 aromatic carbocycles. The number of hydrogen-bond donors (Lipinski definition) is 1. The summed E-state index contributed by atoms with van der Waals surface area (Å²) in [7, 11) is 0. The Morgan fingerprint density at radius 3 is 2.57 bits per heavy atom. The second-order valence-corrected chi connectivity index (χ2v) is 8.92. The summed E-state index contributed by atoms with van der Waals surface area (Å²) in [6.45, 7) is 5.51. The first-order valence-corrected chi connectivity index (χ1v) is 12.1. The molecule has 3 aliphatic rings. The maximum Gasteiger partial charge on any atom is 0.321 e. The number of esters is 1. The van der Waals surface area contributed by atoms with E-state index in [1.807, 2.05) is 23.1 Å². The van der Waals surface area contributed by atoms with Crippen LogP contribution in [0.1, 0.15) is 24.1 Å². The lowest BCUT2D eigenvalue weighted by Gasteiger charge is -2.39. The van der Waals surface area contributed by atoms with Gasteiger partial charge in [-0.15, -0.1) is 0 Å². The number of non-ortho nitro benzene ring substituents is 1. The molecule has 0 aliphatic carbocycles. The molecule has 3 aliphatic heterocycles. The van der Waals surface area contributed by atoms with Crippen LogP contribution in [0.15, 0.2) is 47.5 Å². The van der Waals surface area contributed by atoms with E-state index < -0.39 is 28.8 Å². The van der Waals surface area contributed by atoms with E-state index in [2.05, 4.69) is 10.2 Å². The number of amides is 1. The highest BCUT2D eigenvalue weighted by molar-refractivity contribution is 6.08. The van der Waals surface area contributed by atoms with Gasteiger partial charge in [-0.05, 0) is 30.2 Å².